The highest BCUT2D eigenvalue weighted by Gasteiger charge is 2.43. The lowest BCUT2D eigenvalue weighted by atomic mass is 9.99. The van der Waals surface area contributed by atoms with Crippen molar-refractivity contribution in [2.75, 3.05) is 38.8 Å². The number of aliphatic imine (C=N–C) groups is 1. The fraction of sp³-hybridized carbons (Fsp3) is 0.619. The molecule has 13 heteroatoms. The first-order valence-corrected chi connectivity index (χ1v) is 11.5. The maximum Gasteiger partial charge on any atom is 0.186 e. The highest BCUT2D eigenvalue weighted by Crippen LogP contribution is 2.35. The van der Waals surface area contributed by atoms with E-state index in [0.717, 1.165) is 0 Å². The Kier molecular flexibility index (Phi) is 9.12. The van der Waals surface area contributed by atoms with Gasteiger partial charge in [-0.1, -0.05) is 0 Å². The number of phenolic OH excluding ortho intramolecular Hbond substituents is 1. The minimum atomic E-state index is -1.51. The molecule has 5 N–H and O–H groups in total. The first-order valence-electron chi connectivity index (χ1n) is 10.6. The normalized spacial score (nSPS) is 31.3. The van der Waals surface area contributed by atoms with Crippen LogP contribution in [0.25, 0.3) is 0 Å². The second kappa shape index (κ2) is 11.6. The standard InChI is InChI=1S/C21H29NO11S/c1-21(20(28)29)10-34-18(22-21)12-3-2-11(8-13(12)24)31-6-4-30-5-7-32-19-17(27)16(26)15(25)14(9-23)33-19/h2-3,8,14-17,19,23-27H,4-7,9-10H2,1H3,(H,28,29)/p-1/t14?,15-,16+,17?,19-,21+/m0/s1. The highest BCUT2D eigenvalue weighted by molar-refractivity contribution is 8.14. The van der Waals surface area contributed by atoms with Crippen LogP contribution in [0.4, 0.5) is 0 Å². The summed E-state index contributed by atoms with van der Waals surface area (Å²) in [5, 5.41) is 60.4. The molecule has 6 atom stereocenters. The van der Waals surface area contributed by atoms with Gasteiger partial charge in [0.1, 0.15) is 53.1 Å². The van der Waals surface area contributed by atoms with Crippen molar-refractivity contribution in [1.29, 1.82) is 0 Å². The maximum atomic E-state index is 11.2. The van der Waals surface area contributed by atoms with Gasteiger partial charge in [0.15, 0.2) is 6.29 Å². The highest BCUT2D eigenvalue weighted by atomic mass is 32.2. The van der Waals surface area contributed by atoms with Gasteiger partial charge in [-0.05, 0) is 19.1 Å². The summed E-state index contributed by atoms with van der Waals surface area (Å²) in [5.74, 6) is -0.762. The van der Waals surface area contributed by atoms with Crippen molar-refractivity contribution in [3.63, 3.8) is 0 Å². The van der Waals surface area contributed by atoms with Crippen LogP contribution in [0.2, 0.25) is 0 Å². The van der Waals surface area contributed by atoms with E-state index < -0.39 is 48.8 Å². The number of hydrogen-bond donors (Lipinski definition) is 5. The number of nitrogens with zero attached hydrogens (tertiary/aromatic N) is 1. The Balaban J connectivity index is 1.37. The zero-order valence-electron chi connectivity index (χ0n) is 18.4. The van der Waals surface area contributed by atoms with Crippen LogP contribution >= 0.6 is 11.8 Å². The van der Waals surface area contributed by atoms with Crippen molar-refractivity contribution in [3.05, 3.63) is 23.8 Å². The number of aliphatic hydroxyl groups excluding tert-OH is 4. The van der Waals surface area contributed by atoms with E-state index in [1.54, 1.807) is 12.1 Å². The number of aliphatic hydroxyl groups is 4. The van der Waals surface area contributed by atoms with Gasteiger partial charge in [0.05, 0.1) is 32.4 Å². The van der Waals surface area contributed by atoms with Crippen molar-refractivity contribution in [2.45, 2.75) is 43.2 Å². The molecule has 0 amide bonds. The third kappa shape index (κ3) is 6.17. The summed E-state index contributed by atoms with van der Waals surface area (Å²) in [6.45, 7) is 1.41. The molecule has 2 heterocycles. The average Bonchev–Trinajstić information content (AvgIpc) is 3.21. The number of carboxylic acids is 1. The summed E-state index contributed by atoms with van der Waals surface area (Å²) in [7, 11) is 0. The maximum absolute atomic E-state index is 11.2. The summed E-state index contributed by atoms with van der Waals surface area (Å²) in [4.78, 5) is 15.4. The molecule has 12 nitrogen and oxygen atoms in total. The first kappa shape index (κ1) is 26.6. The van der Waals surface area contributed by atoms with Gasteiger partial charge in [0, 0.05) is 17.4 Å². The summed E-state index contributed by atoms with van der Waals surface area (Å²) >= 11 is 1.22. The molecule has 0 aliphatic carbocycles. The zero-order chi connectivity index (χ0) is 24.9. The van der Waals surface area contributed by atoms with Crippen LogP contribution in [0.15, 0.2) is 23.2 Å². The SMILES string of the molecule is C[C@]1(C(=O)[O-])CSC(c2ccc(OCCOCCO[C@H]3OC(CO)[C@H](O)[C@@H](O)C3O)cc2O)=N1. The third-order valence-electron chi connectivity index (χ3n) is 5.33. The monoisotopic (exact) mass is 502 g/mol. The minimum Gasteiger partial charge on any atom is -0.547 e. The van der Waals surface area contributed by atoms with E-state index in [0.29, 0.717) is 16.4 Å². The first-order chi connectivity index (χ1) is 16.2. The van der Waals surface area contributed by atoms with E-state index in [-0.39, 0.29) is 37.9 Å². The molecule has 1 aromatic rings. The third-order valence-corrected chi connectivity index (χ3v) is 6.62. The van der Waals surface area contributed by atoms with E-state index in [1.807, 2.05) is 0 Å². The van der Waals surface area contributed by atoms with Crippen molar-refractivity contribution >= 4 is 22.8 Å². The minimum absolute atomic E-state index is 0.0166. The topological polar surface area (TPSA) is 191 Å². The number of carbonyl (C=O) groups is 1. The molecule has 2 unspecified atom stereocenters. The van der Waals surface area contributed by atoms with Crippen molar-refractivity contribution in [2.24, 2.45) is 4.99 Å². The molecule has 1 fully saturated rings. The van der Waals surface area contributed by atoms with Gasteiger partial charge in [-0.25, -0.2) is 0 Å². The number of carbonyl (C=O) groups excluding carboxylic acids is 1. The van der Waals surface area contributed by atoms with Crippen LogP contribution in [-0.4, -0.2) is 112 Å². The number of hydrogen-bond acceptors (Lipinski definition) is 13. The van der Waals surface area contributed by atoms with E-state index in [9.17, 15) is 30.3 Å². The van der Waals surface area contributed by atoms with Gasteiger partial charge in [-0.3, -0.25) is 4.99 Å². The molecule has 1 aromatic carbocycles. The number of thioether (sulfide) groups is 1. The molecule has 34 heavy (non-hydrogen) atoms. The number of benzene rings is 1. The molecule has 1 saturated heterocycles. The van der Waals surface area contributed by atoms with Crippen LogP contribution in [0.1, 0.15) is 12.5 Å². The van der Waals surface area contributed by atoms with Gasteiger partial charge in [-0.2, -0.15) is 0 Å². The number of ether oxygens (including phenoxy) is 4. The van der Waals surface area contributed by atoms with E-state index >= 15 is 0 Å². The number of aliphatic carboxylic acids is 1. The van der Waals surface area contributed by atoms with Crippen LogP contribution in [0.3, 0.4) is 0 Å². The second-order valence-corrected chi connectivity index (χ2v) is 8.94. The number of aromatic hydroxyl groups is 1. The lowest BCUT2D eigenvalue weighted by Gasteiger charge is -2.39. The van der Waals surface area contributed by atoms with Crippen LogP contribution in [0, 0.1) is 0 Å². The van der Waals surface area contributed by atoms with Crippen LogP contribution < -0.4 is 9.84 Å². The summed E-state index contributed by atoms with van der Waals surface area (Å²) in [5.41, 5.74) is -0.922. The summed E-state index contributed by atoms with van der Waals surface area (Å²) < 4.78 is 21.4. The van der Waals surface area contributed by atoms with Gasteiger partial charge in [0.2, 0.25) is 0 Å². The predicted molar refractivity (Wildman–Crippen MR) is 117 cm³/mol. The molecule has 2 aliphatic heterocycles. The predicted octanol–water partition coefficient (Wildman–Crippen LogP) is -2.39. The van der Waals surface area contributed by atoms with E-state index in [4.69, 9.17) is 24.1 Å². The van der Waals surface area contributed by atoms with Crippen molar-refractivity contribution in [3.8, 4) is 11.5 Å². The summed E-state index contributed by atoms with van der Waals surface area (Å²) in [6, 6.07) is 4.61. The van der Waals surface area contributed by atoms with Crippen LogP contribution in [0.5, 0.6) is 11.5 Å². The van der Waals surface area contributed by atoms with E-state index in [2.05, 4.69) is 4.99 Å². The van der Waals surface area contributed by atoms with Gasteiger partial charge in [-0.15, -0.1) is 11.8 Å². The summed E-state index contributed by atoms with van der Waals surface area (Å²) in [6.07, 6.45) is -6.69. The Labute approximate surface area is 199 Å². The lowest BCUT2D eigenvalue weighted by Crippen LogP contribution is -2.59. The molecule has 0 spiro atoms. The number of carboxylic acid groups (broad SMARTS) is 1. The van der Waals surface area contributed by atoms with Crippen molar-refractivity contribution < 1.29 is 54.4 Å². The quantitative estimate of drug-likeness (QED) is 0.202. The smallest absolute Gasteiger partial charge is 0.186 e. The average molecular weight is 503 g/mol. The molecule has 0 saturated carbocycles. The van der Waals surface area contributed by atoms with E-state index in [1.165, 1.54) is 24.8 Å². The molecule has 190 valence electrons. The lowest BCUT2D eigenvalue weighted by molar-refractivity contribution is -0.311. The van der Waals surface area contributed by atoms with Crippen molar-refractivity contribution in [1.82, 2.24) is 0 Å². The Morgan fingerprint density at radius 1 is 1.21 bits per heavy atom. The Bertz CT molecular complexity index is 882. The van der Waals surface area contributed by atoms with Gasteiger partial charge < -0.3 is 54.4 Å². The fourth-order valence-corrected chi connectivity index (χ4v) is 4.47. The second-order valence-electron chi connectivity index (χ2n) is 7.97. The number of rotatable bonds is 11. The Morgan fingerprint density at radius 2 is 1.94 bits per heavy atom. The Hall–Kier alpha value is -1.97. The Morgan fingerprint density at radius 3 is 2.59 bits per heavy atom. The largest absolute Gasteiger partial charge is 0.547 e. The van der Waals surface area contributed by atoms with Gasteiger partial charge >= 0.3 is 0 Å². The number of phenols is 1. The molecule has 3 rings (SSSR count). The zero-order valence-corrected chi connectivity index (χ0v) is 19.2. The fourth-order valence-electron chi connectivity index (χ4n) is 3.27. The molecule has 0 aromatic heterocycles. The molecule has 2 aliphatic rings. The molecule has 0 radical (unpaired) electrons. The molecular formula is C21H28NO11S-. The van der Waals surface area contributed by atoms with Gasteiger partial charge in [0.25, 0.3) is 0 Å². The molecular weight excluding hydrogens is 474 g/mol. The molecule has 0 bridgehead atoms. The van der Waals surface area contributed by atoms with Crippen LogP contribution in [-0.2, 0) is 19.0 Å².